The number of aromatic nitrogens is 5. The Balaban J connectivity index is 1.17. The fraction of sp³-hybridized carbons (Fsp3) is 0.394. The molecule has 2 aromatic carbocycles. The van der Waals surface area contributed by atoms with Gasteiger partial charge in [0, 0.05) is 35.9 Å². The van der Waals surface area contributed by atoms with Gasteiger partial charge in [0.25, 0.3) is 6.43 Å². The van der Waals surface area contributed by atoms with Crippen molar-refractivity contribution >= 4 is 27.8 Å². The molecule has 0 bridgehead atoms. The number of nitrogens with zero attached hydrogens (tertiary/aromatic N) is 6. The third-order valence-electron chi connectivity index (χ3n) is 8.92. The lowest BCUT2D eigenvalue weighted by Gasteiger charge is -2.27. The van der Waals surface area contributed by atoms with Gasteiger partial charge in [0.05, 0.1) is 42.4 Å². The lowest BCUT2D eigenvalue weighted by atomic mass is 10.0. The number of halogens is 2. The number of hydrogen-bond donors (Lipinski definition) is 0. The van der Waals surface area contributed by atoms with Crippen LogP contribution in [0.2, 0.25) is 0 Å². The van der Waals surface area contributed by atoms with E-state index in [1.54, 1.807) is 19.4 Å². The summed E-state index contributed by atoms with van der Waals surface area (Å²) in [6.45, 7) is 4.17. The average Bonchev–Trinajstić information content (AvgIpc) is 3.46. The summed E-state index contributed by atoms with van der Waals surface area (Å²) in [5.41, 5.74) is 4.79. The second-order valence-corrected chi connectivity index (χ2v) is 11.8. The molecule has 2 aliphatic rings. The Bertz CT molecular complexity index is 1830. The van der Waals surface area contributed by atoms with E-state index in [1.807, 2.05) is 67.5 Å². The summed E-state index contributed by atoms with van der Waals surface area (Å²) in [5.74, 6) is 1.35. The van der Waals surface area contributed by atoms with Gasteiger partial charge in [-0.1, -0.05) is 18.2 Å². The summed E-state index contributed by atoms with van der Waals surface area (Å²) in [6.07, 6.45) is 3.23. The molecule has 1 saturated heterocycles. The number of rotatable bonds is 10. The van der Waals surface area contributed by atoms with Crippen molar-refractivity contribution < 1.29 is 23.0 Å². The maximum atomic E-state index is 13.2. The predicted octanol–water partition coefficient (Wildman–Crippen LogP) is 6.43. The molecule has 3 aromatic heterocycles. The minimum Gasteiger partial charge on any atom is -0.497 e. The van der Waals surface area contributed by atoms with Crippen LogP contribution in [-0.4, -0.2) is 61.3 Å². The first kappa shape index (κ1) is 28.2. The van der Waals surface area contributed by atoms with Gasteiger partial charge in [0.1, 0.15) is 23.9 Å². The third kappa shape index (κ3) is 5.24. The first-order chi connectivity index (χ1) is 21.3. The Labute approximate surface area is 253 Å². The van der Waals surface area contributed by atoms with E-state index in [9.17, 15) is 13.6 Å². The number of fused-ring (bicyclic) bond motifs is 2. The van der Waals surface area contributed by atoms with Gasteiger partial charge in [-0.15, -0.1) is 0 Å². The molecule has 2 fully saturated rings. The monoisotopic (exact) mass is 600 g/mol. The minimum absolute atomic E-state index is 0.0157. The van der Waals surface area contributed by atoms with Crippen LogP contribution in [0.3, 0.4) is 0 Å². The molecule has 1 amide bonds. The Hall–Kier alpha value is -4.54. The summed E-state index contributed by atoms with van der Waals surface area (Å²) < 4.78 is 41.4. The van der Waals surface area contributed by atoms with Gasteiger partial charge in [-0.05, 0) is 62.6 Å². The van der Waals surface area contributed by atoms with Crippen LogP contribution in [0.5, 0.6) is 11.6 Å². The number of methoxy groups -OCH3 is 1. The molecular weight excluding hydrogens is 566 g/mol. The molecule has 0 radical (unpaired) electrons. The minimum atomic E-state index is -2.49. The summed E-state index contributed by atoms with van der Waals surface area (Å²) >= 11 is 0. The van der Waals surface area contributed by atoms with Crippen LogP contribution >= 0.6 is 0 Å². The second-order valence-electron chi connectivity index (χ2n) is 11.8. The van der Waals surface area contributed by atoms with Crippen LogP contribution < -0.4 is 9.47 Å². The normalized spacial score (nSPS) is 18.5. The largest absolute Gasteiger partial charge is 0.497 e. The van der Waals surface area contributed by atoms with E-state index in [4.69, 9.17) is 19.4 Å². The number of likely N-dealkylation sites (tertiary alicyclic amines) is 1. The van der Waals surface area contributed by atoms with Crippen molar-refractivity contribution in [2.45, 2.75) is 64.3 Å². The van der Waals surface area contributed by atoms with Gasteiger partial charge in [-0.25, -0.2) is 18.7 Å². The molecule has 1 aliphatic carbocycles. The van der Waals surface area contributed by atoms with Crippen molar-refractivity contribution in [3.63, 3.8) is 0 Å². The maximum Gasteiger partial charge on any atom is 0.257 e. The van der Waals surface area contributed by atoms with Crippen LogP contribution in [0, 0.1) is 5.92 Å². The fourth-order valence-electron chi connectivity index (χ4n) is 6.19. The number of benzene rings is 2. The highest BCUT2D eigenvalue weighted by Crippen LogP contribution is 2.41. The van der Waals surface area contributed by atoms with Crippen molar-refractivity contribution in [3.8, 4) is 22.9 Å². The van der Waals surface area contributed by atoms with Crippen molar-refractivity contribution in [3.05, 3.63) is 66.6 Å². The third-order valence-corrected chi connectivity index (χ3v) is 8.92. The Morgan fingerprint density at radius 1 is 1.07 bits per heavy atom. The van der Waals surface area contributed by atoms with Crippen LogP contribution in [0.1, 0.15) is 50.8 Å². The molecule has 0 spiro atoms. The molecule has 3 atom stereocenters. The molecule has 9 nitrogen and oxygen atoms in total. The standard InChI is InChI=1S/C33H34F2N6O3/c1-19(21-4-9-26(43-3)10-5-21)39-16-24(13-31(39)42)20(2)44-33-32-28(36-18-40(32)25-7-8-25)14-27(38-33)22-6-11-29-23(12-22)15-37-41(29)17-30(34)35/h4-6,9-12,14-15,18-20,24-25,30H,7-8,13,16-17H2,1-3H3. The van der Waals surface area contributed by atoms with Gasteiger partial charge in [0.15, 0.2) is 0 Å². The van der Waals surface area contributed by atoms with Crippen LogP contribution in [-0.2, 0) is 11.3 Å². The molecule has 228 valence electrons. The lowest BCUT2D eigenvalue weighted by Crippen LogP contribution is -2.31. The van der Waals surface area contributed by atoms with Gasteiger partial charge >= 0.3 is 0 Å². The van der Waals surface area contributed by atoms with E-state index in [0.717, 1.165) is 46.1 Å². The number of ether oxygens (including phenoxy) is 2. The summed E-state index contributed by atoms with van der Waals surface area (Å²) in [4.78, 5) is 24.8. The fourth-order valence-corrected chi connectivity index (χ4v) is 6.19. The smallest absolute Gasteiger partial charge is 0.257 e. The highest BCUT2D eigenvalue weighted by Gasteiger charge is 2.37. The van der Waals surface area contributed by atoms with Crippen molar-refractivity contribution in [2.24, 2.45) is 5.92 Å². The van der Waals surface area contributed by atoms with Gasteiger partial charge in [-0.3, -0.25) is 9.48 Å². The Kier molecular flexibility index (Phi) is 7.18. The molecule has 5 aromatic rings. The summed E-state index contributed by atoms with van der Waals surface area (Å²) in [6, 6.07) is 15.6. The van der Waals surface area contributed by atoms with E-state index in [-0.39, 0.29) is 24.0 Å². The molecule has 0 N–H and O–H groups in total. The number of carbonyl (C=O) groups excluding carboxylic acids is 1. The van der Waals surface area contributed by atoms with Crippen LogP contribution in [0.15, 0.2) is 61.1 Å². The van der Waals surface area contributed by atoms with Crippen LogP contribution in [0.4, 0.5) is 8.78 Å². The molecule has 11 heteroatoms. The van der Waals surface area contributed by atoms with Gasteiger partial charge < -0.3 is 18.9 Å². The van der Waals surface area contributed by atoms with E-state index in [1.165, 1.54) is 4.68 Å². The molecular formula is C33H34F2N6O3. The quantitative estimate of drug-likeness (QED) is 0.184. The number of hydrogen-bond acceptors (Lipinski definition) is 6. The highest BCUT2D eigenvalue weighted by molar-refractivity contribution is 5.88. The molecule has 1 aliphatic heterocycles. The topological polar surface area (TPSA) is 87.3 Å². The molecule has 7 rings (SSSR count). The number of carbonyl (C=O) groups is 1. The van der Waals surface area contributed by atoms with E-state index in [0.29, 0.717) is 36.1 Å². The predicted molar refractivity (Wildman–Crippen MR) is 162 cm³/mol. The molecule has 44 heavy (non-hydrogen) atoms. The molecule has 3 unspecified atom stereocenters. The zero-order valence-electron chi connectivity index (χ0n) is 24.9. The number of alkyl halides is 2. The second kappa shape index (κ2) is 11.2. The molecule has 4 heterocycles. The summed E-state index contributed by atoms with van der Waals surface area (Å²) in [7, 11) is 1.64. The Morgan fingerprint density at radius 2 is 1.86 bits per heavy atom. The summed E-state index contributed by atoms with van der Waals surface area (Å²) in [5, 5.41) is 4.89. The van der Waals surface area contributed by atoms with Gasteiger partial charge in [-0.2, -0.15) is 5.10 Å². The van der Waals surface area contributed by atoms with E-state index in [2.05, 4.69) is 9.67 Å². The number of imidazole rings is 1. The maximum absolute atomic E-state index is 13.2. The number of pyridine rings is 1. The lowest BCUT2D eigenvalue weighted by molar-refractivity contribution is -0.129. The van der Waals surface area contributed by atoms with Gasteiger partial charge in [0.2, 0.25) is 11.8 Å². The zero-order valence-corrected chi connectivity index (χ0v) is 24.9. The first-order valence-electron chi connectivity index (χ1n) is 15.0. The van der Waals surface area contributed by atoms with Crippen molar-refractivity contribution in [2.75, 3.05) is 13.7 Å². The molecule has 1 saturated carbocycles. The van der Waals surface area contributed by atoms with E-state index >= 15 is 0 Å². The number of amides is 1. The zero-order chi connectivity index (χ0) is 30.5. The highest BCUT2D eigenvalue weighted by atomic mass is 19.3. The SMILES string of the molecule is COc1ccc(C(C)N2CC(C(C)Oc3nc(-c4ccc5c(cnn5CC(F)F)c4)cc4ncn(C5CC5)c34)CC2=O)cc1. The Morgan fingerprint density at radius 3 is 2.59 bits per heavy atom. The van der Waals surface area contributed by atoms with Crippen molar-refractivity contribution in [1.29, 1.82) is 0 Å². The van der Waals surface area contributed by atoms with Crippen molar-refractivity contribution in [1.82, 2.24) is 29.2 Å². The van der Waals surface area contributed by atoms with E-state index < -0.39 is 13.0 Å². The average molecular weight is 601 g/mol. The first-order valence-corrected chi connectivity index (χ1v) is 15.0. The van der Waals surface area contributed by atoms with Crippen LogP contribution in [0.25, 0.3) is 33.2 Å².